The van der Waals surface area contributed by atoms with Crippen molar-refractivity contribution in [1.82, 2.24) is 5.32 Å². The number of aryl methyl sites for hydroxylation is 1. The summed E-state index contributed by atoms with van der Waals surface area (Å²) in [6.45, 7) is 2.23. The molecule has 1 aliphatic rings. The van der Waals surface area contributed by atoms with E-state index in [1.54, 1.807) is 6.07 Å². The van der Waals surface area contributed by atoms with E-state index in [1.165, 1.54) is 25.3 Å². The summed E-state index contributed by atoms with van der Waals surface area (Å²) in [5, 5.41) is 3.59. The zero-order chi connectivity index (χ0) is 12.3. The molecule has 2 rings (SSSR count). The predicted molar refractivity (Wildman–Crippen MR) is 72.7 cm³/mol. The third-order valence-electron chi connectivity index (χ3n) is 3.48. The third-order valence-corrected chi connectivity index (χ3v) is 3.97. The van der Waals surface area contributed by atoms with Gasteiger partial charge in [0.05, 0.1) is 0 Å². The maximum atomic E-state index is 13.6. The molecule has 1 nitrogen and oxygen atoms in total. The van der Waals surface area contributed by atoms with E-state index in [-0.39, 0.29) is 5.82 Å². The van der Waals surface area contributed by atoms with Gasteiger partial charge in [0, 0.05) is 16.6 Å². The highest BCUT2D eigenvalue weighted by atomic mass is 79.9. The van der Waals surface area contributed by atoms with Crippen LogP contribution in [0, 0.1) is 5.82 Å². The lowest BCUT2D eigenvalue weighted by Gasteiger charge is -2.28. The smallest absolute Gasteiger partial charge is 0.126 e. The first-order valence-electron chi connectivity index (χ1n) is 6.35. The third kappa shape index (κ3) is 3.78. The van der Waals surface area contributed by atoms with Crippen molar-refractivity contribution >= 4 is 15.9 Å². The normalized spacial score (nSPS) is 24.9. The van der Waals surface area contributed by atoms with Crippen molar-refractivity contribution in [1.29, 1.82) is 0 Å². The van der Waals surface area contributed by atoms with Gasteiger partial charge in [-0.3, -0.25) is 0 Å². The standard InChI is InChI=1S/C14H19BrFN/c1-10-3-2-4-13(17-10)7-5-11-9-12(15)6-8-14(11)16/h6,8-10,13,17H,2-5,7H2,1H3. The van der Waals surface area contributed by atoms with Gasteiger partial charge in [-0.05, 0) is 56.4 Å². The number of halogens is 2. The van der Waals surface area contributed by atoms with E-state index in [9.17, 15) is 4.39 Å². The quantitative estimate of drug-likeness (QED) is 0.888. The Morgan fingerprint density at radius 1 is 1.41 bits per heavy atom. The van der Waals surface area contributed by atoms with Crippen LogP contribution in [-0.2, 0) is 6.42 Å². The summed E-state index contributed by atoms with van der Waals surface area (Å²) in [6, 6.07) is 6.34. The van der Waals surface area contributed by atoms with E-state index >= 15 is 0 Å². The molecule has 17 heavy (non-hydrogen) atoms. The van der Waals surface area contributed by atoms with Gasteiger partial charge in [0.2, 0.25) is 0 Å². The first-order chi connectivity index (χ1) is 8.15. The molecule has 1 aliphatic heterocycles. The van der Waals surface area contributed by atoms with E-state index in [0.29, 0.717) is 12.1 Å². The monoisotopic (exact) mass is 299 g/mol. The van der Waals surface area contributed by atoms with Gasteiger partial charge in [0.15, 0.2) is 0 Å². The van der Waals surface area contributed by atoms with Gasteiger partial charge >= 0.3 is 0 Å². The number of piperidine rings is 1. The Balaban J connectivity index is 1.90. The van der Waals surface area contributed by atoms with Crippen LogP contribution in [0.4, 0.5) is 4.39 Å². The molecule has 0 bridgehead atoms. The first-order valence-corrected chi connectivity index (χ1v) is 7.14. The molecule has 0 aromatic heterocycles. The largest absolute Gasteiger partial charge is 0.311 e. The fraction of sp³-hybridized carbons (Fsp3) is 0.571. The summed E-state index contributed by atoms with van der Waals surface area (Å²) in [5.74, 6) is -0.0861. The van der Waals surface area contributed by atoms with Gasteiger partial charge < -0.3 is 5.32 Å². The maximum Gasteiger partial charge on any atom is 0.126 e. The van der Waals surface area contributed by atoms with Crippen LogP contribution in [0.2, 0.25) is 0 Å². The molecule has 94 valence electrons. The molecule has 1 fully saturated rings. The summed E-state index contributed by atoms with van der Waals surface area (Å²) in [4.78, 5) is 0. The number of nitrogens with one attached hydrogen (secondary N) is 1. The van der Waals surface area contributed by atoms with Crippen LogP contribution in [0.15, 0.2) is 22.7 Å². The molecule has 1 saturated heterocycles. The highest BCUT2D eigenvalue weighted by Gasteiger charge is 2.17. The molecule has 1 N–H and O–H groups in total. The van der Waals surface area contributed by atoms with Gasteiger partial charge in [-0.2, -0.15) is 0 Å². The summed E-state index contributed by atoms with van der Waals surface area (Å²) >= 11 is 3.39. The second-order valence-corrected chi connectivity index (χ2v) is 5.89. The second kappa shape index (κ2) is 5.96. The van der Waals surface area contributed by atoms with E-state index in [1.807, 2.05) is 6.07 Å². The molecule has 0 spiro atoms. The molecular weight excluding hydrogens is 281 g/mol. The molecule has 1 aromatic carbocycles. The SMILES string of the molecule is CC1CCCC(CCc2cc(Br)ccc2F)N1. The number of benzene rings is 1. The van der Waals surface area contributed by atoms with Crippen LogP contribution in [0.5, 0.6) is 0 Å². The van der Waals surface area contributed by atoms with Crippen LogP contribution in [0.3, 0.4) is 0 Å². The number of rotatable bonds is 3. The Morgan fingerprint density at radius 2 is 2.24 bits per heavy atom. The lowest BCUT2D eigenvalue weighted by atomic mass is 9.95. The molecule has 1 heterocycles. The Hall–Kier alpha value is -0.410. The van der Waals surface area contributed by atoms with Crippen molar-refractivity contribution in [2.45, 2.75) is 51.1 Å². The van der Waals surface area contributed by atoms with E-state index in [4.69, 9.17) is 0 Å². The zero-order valence-electron chi connectivity index (χ0n) is 10.2. The Labute approximate surface area is 111 Å². The molecule has 0 aliphatic carbocycles. The van der Waals surface area contributed by atoms with Crippen LogP contribution < -0.4 is 5.32 Å². The van der Waals surface area contributed by atoms with Crippen LogP contribution in [-0.4, -0.2) is 12.1 Å². The van der Waals surface area contributed by atoms with Crippen molar-refractivity contribution in [3.8, 4) is 0 Å². The van der Waals surface area contributed by atoms with Crippen LogP contribution in [0.25, 0.3) is 0 Å². The fourth-order valence-corrected chi connectivity index (χ4v) is 2.94. The lowest BCUT2D eigenvalue weighted by molar-refractivity contribution is 0.321. The van der Waals surface area contributed by atoms with Crippen molar-refractivity contribution in [2.75, 3.05) is 0 Å². The first kappa shape index (κ1) is 13.0. The average molecular weight is 300 g/mol. The molecular formula is C14H19BrFN. The molecule has 2 atom stereocenters. The van der Waals surface area contributed by atoms with Crippen LogP contribution in [0.1, 0.15) is 38.2 Å². The van der Waals surface area contributed by atoms with Crippen molar-refractivity contribution in [3.05, 3.63) is 34.1 Å². The number of hydrogen-bond acceptors (Lipinski definition) is 1. The van der Waals surface area contributed by atoms with Gasteiger partial charge in [-0.1, -0.05) is 22.4 Å². The summed E-state index contributed by atoms with van der Waals surface area (Å²) in [5.41, 5.74) is 0.819. The summed E-state index contributed by atoms with van der Waals surface area (Å²) in [6.07, 6.45) is 5.62. The van der Waals surface area contributed by atoms with Crippen molar-refractivity contribution in [3.63, 3.8) is 0 Å². The highest BCUT2D eigenvalue weighted by molar-refractivity contribution is 9.10. The Kier molecular flexibility index (Phi) is 4.57. The van der Waals surface area contributed by atoms with Crippen molar-refractivity contribution in [2.24, 2.45) is 0 Å². The average Bonchev–Trinajstić information content (AvgIpc) is 2.30. The molecule has 0 amide bonds. The lowest BCUT2D eigenvalue weighted by Crippen LogP contribution is -2.40. The molecule has 0 saturated carbocycles. The van der Waals surface area contributed by atoms with Crippen molar-refractivity contribution < 1.29 is 4.39 Å². The minimum atomic E-state index is -0.0861. The van der Waals surface area contributed by atoms with E-state index in [0.717, 1.165) is 22.9 Å². The van der Waals surface area contributed by atoms with Gasteiger partial charge in [-0.15, -0.1) is 0 Å². The van der Waals surface area contributed by atoms with Gasteiger partial charge in [-0.25, -0.2) is 4.39 Å². The second-order valence-electron chi connectivity index (χ2n) is 4.97. The van der Waals surface area contributed by atoms with E-state index in [2.05, 4.69) is 28.2 Å². The zero-order valence-corrected chi connectivity index (χ0v) is 11.8. The predicted octanol–water partition coefficient (Wildman–Crippen LogP) is 4.05. The molecule has 2 unspecified atom stereocenters. The highest BCUT2D eigenvalue weighted by Crippen LogP contribution is 2.20. The Bertz CT molecular complexity index is 380. The van der Waals surface area contributed by atoms with Crippen LogP contribution >= 0.6 is 15.9 Å². The minimum absolute atomic E-state index is 0.0861. The van der Waals surface area contributed by atoms with E-state index < -0.39 is 0 Å². The fourth-order valence-electron chi connectivity index (χ4n) is 2.53. The summed E-state index contributed by atoms with van der Waals surface area (Å²) < 4.78 is 14.5. The van der Waals surface area contributed by atoms with Gasteiger partial charge in [0.25, 0.3) is 0 Å². The minimum Gasteiger partial charge on any atom is -0.311 e. The Morgan fingerprint density at radius 3 is 3.00 bits per heavy atom. The van der Waals surface area contributed by atoms with Gasteiger partial charge in [0.1, 0.15) is 5.82 Å². The molecule has 3 heteroatoms. The molecule has 0 radical (unpaired) electrons. The molecule has 1 aromatic rings. The topological polar surface area (TPSA) is 12.0 Å². The number of hydrogen-bond donors (Lipinski definition) is 1. The maximum absolute atomic E-state index is 13.6. The summed E-state index contributed by atoms with van der Waals surface area (Å²) in [7, 11) is 0.